The third kappa shape index (κ3) is 4.64. The van der Waals surface area contributed by atoms with Crippen LogP contribution in [0.3, 0.4) is 0 Å². The third-order valence-electron chi connectivity index (χ3n) is 5.26. The fraction of sp³-hybridized carbons (Fsp3) is 0.273. The first kappa shape index (κ1) is 21.4. The number of carbonyl (C=O) groups excluding carboxylic acids is 1. The lowest BCUT2D eigenvalue weighted by molar-refractivity contribution is 0.0698. The van der Waals surface area contributed by atoms with E-state index in [1.807, 2.05) is 72.6 Å². The minimum absolute atomic E-state index is 0. The zero-order valence-corrected chi connectivity index (χ0v) is 17.8. The van der Waals surface area contributed by atoms with Crippen molar-refractivity contribution in [3.8, 4) is 16.9 Å². The summed E-state index contributed by atoms with van der Waals surface area (Å²) in [6.07, 6.45) is 1.93. The Labute approximate surface area is 182 Å². The van der Waals surface area contributed by atoms with Gasteiger partial charge in [0.05, 0.1) is 11.4 Å². The van der Waals surface area contributed by atoms with Crippen LogP contribution < -0.4 is 5.32 Å². The maximum atomic E-state index is 13.3. The SMILES string of the molecule is CNC1CCN(C(=O)c2cc(-c3ccc(Cl)cc3)nn2-c2ccccc2)CC1.Cl. The van der Waals surface area contributed by atoms with Gasteiger partial charge < -0.3 is 10.2 Å². The summed E-state index contributed by atoms with van der Waals surface area (Å²) >= 11 is 6.02. The average Bonchev–Trinajstić information content (AvgIpc) is 3.20. The number of benzene rings is 2. The van der Waals surface area contributed by atoms with Gasteiger partial charge in [0.15, 0.2) is 0 Å². The summed E-state index contributed by atoms with van der Waals surface area (Å²) in [5.74, 6) is 0.0196. The van der Waals surface area contributed by atoms with E-state index in [-0.39, 0.29) is 18.3 Å². The smallest absolute Gasteiger partial charge is 0.272 e. The summed E-state index contributed by atoms with van der Waals surface area (Å²) in [6.45, 7) is 1.50. The Bertz CT molecular complexity index is 949. The molecule has 1 saturated heterocycles. The molecule has 0 aliphatic carbocycles. The molecule has 4 rings (SSSR count). The number of likely N-dealkylation sites (tertiary alicyclic amines) is 1. The highest BCUT2D eigenvalue weighted by Gasteiger charge is 2.26. The molecule has 2 aromatic carbocycles. The zero-order valence-electron chi connectivity index (χ0n) is 16.2. The predicted octanol–water partition coefficient (Wildman–Crippen LogP) is 4.44. The topological polar surface area (TPSA) is 50.2 Å². The van der Waals surface area contributed by atoms with Crippen molar-refractivity contribution >= 4 is 29.9 Å². The number of amides is 1. The fourth-order valence-corrected chi connectivity index (χ4v) is 3.72. The van der Waals surface area contributed by atoms with Gasteiger partial charge in [0.1, 0.15) is 5.69 Å². The van der Waals surface area contributed by atoms with Gasteiger partial charge in [-0.05, 0) is 50.2 Å². The highest BCUT2D eigenvalue weighted by molar-refractivity contribution is 6.30. The van der Waals surface area contributed by atoms with Gasteiger partial charge >= 0.3 is 0 Å². The molecule has 0 bridgehead atoms. The summed E-state index contributed by atoms with van der Waals surface area (Å²) in [6, 6.07) is 19.7. The Kier molecular flexibility index (Phi) is 6.96. The first-order chi connectivity index (χ1) is 13.7. The number of nitrogens with one attached hydrogen (secondary N) is 1. The Morgan fingerprint density at radius 2 is 1.72 bits per heavy atom. The van der Waals surface area contributed by atoms with Crippen LogP contribution in [0.2, 0.25) is 5.02 Å². The van der Waals surface area contributed by atoms with Crippen molar-refractivity contribution in [2.24, 2.45) is 0 Å². The minimum atomic E-state index is 0. The number of aromatic nitrogens is 2. The Morgan fingerprint density at radius 1 is 1.07 bits per heavy atom. The molecule has 1 aromatic heterocycles. The van der Waals surface area contributed by atoms with E-state index in [2.05, 4.69) is 5.32 Å². The first-order valence-corrected chi connectivity index (χ1v) is 9.91. The van der Waals surface area contributed by atoms with Crippen LogP contribution in [0, 0.1) is 0 Å². The van der Waals surface area contributed by atoms with E-state index in [0.29, 0.717) is 16.8 Å². The zero-order chi connectivity index (χ0) is 19.5. The molecule has 1 aliphatic rings. The molecule has 0 unspecified atom stereocenters. The fourth-order valence-electron chi connectivity index (χ4n) is 3.59. The summed E-state index contributed by atoms with van der Waals surface area (Å²) in [5, 5.41) is 8.72. The molecule has 1 N–H and O–H groups in total. The number of halogens is 2. The summed E-state index contributed by atoms with van der Waals surface area (Å²) in [7, 11) is 1.98. The molecule has 7 heteroatoms. The lowest BCUT2D eigenvalue weighted by Gasteiger charge is -2.31. The summed E-state index contributed by atoms with van der Waals surface area (Å²) < 4.78 is 1.75. The molecule has 0 spiro atoms. The second-order valence-corrected chi connectivity index (χ2v) is 7.46. The number of para-hydroxylation sites is 1. The molecule has 0 saturated carbocycles. The first-order valence-electron chi connectivity index (χ1n) is 9.53. The Hall–Kier alpha value is -2.34. The van der Waals surface area contributed by atoms with Crippen LogP contribution in [0.25, 0.3) is 16.9 Å². The van der Waals surface area contributed by atoms with Crippen LogP contribution in [-0.2, 0) is 0 Å². The molecule has 3 aromatic rings. The molecule has 1 aliphatic heterocycles. The molecule has 152 valence electrons. The standard InChI is InChI=1S/C22H23ClN4O.ClH/c1-24-18-11-13-26(14-12-18)22(28)21-15-20(16-7-9-17(23)10-8-16)25-27(21)19-5-3-2-4-6-19;/h2-10,15,18,24H,11-14H2,1H3;1H. The van der Waals surface area contributed by atoms with Crippen molar-refractivity contribution in [2.45, 2.75) is 18.9 Å². The maximum absolute atomic E-state index is 13.3. The largest absolute Gasteiger partial charge is 0.337 e. The Morgan fingerprint density at radius 3 is 2.34 bits per heavy atom. The van der Waals surface area contributed by atoms with Crippen LogP contribution in [0.5, 0.6) is 0 Å². The van der Waals surface area contributed by atoms with E-state index in [1.54, 1.807) is 4.68 Å². The van der Waals surface area contributed by atoms with Gasteiger partial charge in [-0.15, -0.1) is 12.4 Å². The predicted molar refractivity (Wildman–Crippen MR) is 119 cm³/mol. The summed E-state index contributed by atoms with van der Waals surface area (Å²) in [4.78, 5) is 15.2. The van der Waals surface area contributed by atoms with Crippen LogP contribution in [0.4, 0.5) is 0 Å². The van der Waals surface area contributed by atoms with Gasteiger partial charge in [-0.2, -0.15) is 5.10 Å². The van der Waals surface area contributed by atoms with E-state index in [0.717, 1.165) is 42.9 Å². The van der Waals surface area contributed by atoms with Gasteiger partial charge in [0.25, 0.3) is 5.91 Å². The van der Waals surface area contributed by atoms with Gasteiger partial charge in [0, 0.05) is 29.7 Å². The van der Waals surface area contributed by atoms with E-state index in [4.69, 9.17) is 16.7 Å². The molecular formula is C22H24Cl2N4O. The van der Waals surface area contributed by atoms with Gasteiger partial charge in [0.2, 0.25) is 0 Å². The second-order valence-electron chi connectivity index (χ2n) is 7.02. The van der Waals surface area contributed by atoms with Crippen molar-refractivity contribution < 1.29 is 4.79 Å². The van der Waals surface area contributed by atoms with E-state index >= 15 is 0 Å². The Balaban J connectivity index is 0.00000240. The van der Waals surface area contributed by atoms with Crippen molar-refractivity contribution in [1.29, 1.82) is 0 Å². The van der Waals surface area contributed by atoms with E-state index in [1.165, 1.54) is 0 Å². The van der Waals surface area contributed by atoms with Crippen molar-refractivity contribution in [2.75, 3.05) is 20.1 Å². The van der Waals surface area contributed by atoms with Gasteiger partial charge in [-0.3, -0.25) is 4.79 Å². The van der Waals surface area contributed by atoms with Gasteiger partial charge in [-0.25, -0.2) is 4.68 Å². The lowest BCUT2D eigenvalue weighted by atomic mass is 10.0. The monoisotopic (exact) mass is 430 g/mol. The van der Waals surface area contributed by atoms with E-state index in [9.17, 15) is 4.79 Å². The maximum Gasteiger partial charge on any atom is 0.272 e. The number of rotatable bonds is 4. The molecule has 5 nitrogen and oxygen atoms in total. The summed E-state index contributed by atoms with van der Waals surface area (Å²) in [5.41, 5.74) is 3.14. The number of carbonyl (C=O) groups is 1. The molecule has 1 amide bonds. The van der Waals surface area contributed by atoms with E-state index < -0.39 is 0 Å². The number of nitrogens with zero attached hydrogens (tertiary/aromatic N) is 3. The molecule has 29 heavy (non-hydrogen) atoms. The quantitative estimate of drug-likeness (QED) is 0.665. The second kappa shape index (κ2) is 9.44. The molecule has 0 atom stereocenters. The van der Waals surface area contributed by atoms with Crippen LogP contribution in [0.1, 0.15) is 23.3 Å². The lowest BCUT2D eigenvalue weighted by Crippen LogP contribution is -2.44. The van der Waals surface area contributed by atoms with Crippen LogP contribution >= 0.6 is 24.0 Å². The minimum Gasteiger partial charge on any atom is -0.337 e. The number of piperidine rings is 1. The normalized spacial score (nSPS) is 14.5. The van der Waals surface area contributed by atoms with Crippen molar-refractivity contribution in [3.05, 3.63) is 71.4 Å². The molecule has 2 heterocycles. The molecule has 0 radical (unpaired) electrons. The van der Waals surface area contributed by atoms with Gasteiger partial charge in [-0.1, -0.05) is 41.9 Å². The number of hydrogen-bond acceptors (Lipinski definition) is 3. The van der Waals surface area contributed by atoms with Crippen molar-refractivity contribution in [1.82, 2.24) is 20.0 Å². The third-order valence-corrected chi connectivity index (χ3v) is 5.51. The highest BCUT2D eigenvalue weighted by Crippen LogP contribution is 2.25. The molecule has 1 fully saturated rings. The number of hydrogen-bond donors (Lipinski definition) is 1. The van der Waals surface area contributed by atoms with Crippen LogP contribution in [-0.4, -0.2) is 46.8 Å². The molecular weight excluding hydrogens is 407 g/mol. The average molecular weight is 431 g/mol. The van der Waals surface area contributed by atoms with Crippen molar-refractivity contribution in [3.63, 3.8) is 0 Å². The van der Waals surface area contributed by atoms with Crippen LogP contribution in [0.15, 0.2) is 60.7 Å². The highest BCUT2D eigenvalue weighted by atomic mass is 35.5.